The van der Waals surface area contributed by atoms with E-state index in [0.717, 1.165) is 29.8 Å². The molecule has 10 nitrogen and oxygen atoms in total. The van der Waals surface area contributed by atoms with E-state index in [2.05, 4.69) is 32.1 Å². The lowest BCUT2D eigenvalue weighted by Crippen LogP contribution is -2.37. The summed E-state index contributed by atoms with van der Waals surface area (Å²) < 4.78 is 30.8. The molecule has 37 heavy (non-hydrogen) atoms. The number of hydrogen-bond acceptors (Lipinski definition) is 8. The summed E-state index contributed by atoms with van der Waals surface area (Å²) in [4.78, 5) is 15.5. The molecule has 2 saturated heterocycles. The molecule has 0 spiro atoms. The highest BCUT2D eigenvalue weighted by Crippen LogP contribution is 2.37. The fourth-order valence-corrected chi connectivity index (χ4v) is 5.01. The van der Waals surface area contributed by atoms with Crippen LogP contribution in [-0.2, 0) is 4.74 Å². The van der Waals surface area contributed by atoms with Crippen molar-refractivity contribution in [2.75, 3.05) is 30.3 Å². The van der Waals surface area contributed by atoms with E-state index in [1.807, 2.05) is 18.2 Å². The van der Waals surface area contributed by atoms with E-state index in [1.54, 1.807) is 33.9 Å². The quantitative estimate of drug-likeness (QED) is 0.376. The summed E-state index contributed by atoms with van der Waals surface area (Å²) >= 11 is 0. The number of aromatic nitrogens is 6. The maximum atomic E-state index is 15.3. The molecule has 4 aromatic heterocycles. The molecule has 3 atom stereocenters. The van der Waals surface area contributed by atoms with Crippen LogP contribution < -0.4 is 15.4 Å². The first-order valence-electron chi connectivity index (χ1n) is 12.3. The summed E-state index contributed by atoms with van der Waals surface area (Å²) in [6.07, 6.45) is 5.43. The third-order valence-electron chi connectivity index (χ3n) is 7.04. The zero-order chi connectivity index (χ0) is 24.9. The number of nitrogens with zero attached hydrogens (tertiary/aromatic N) is 7. The molecule has 2 N–H and O–H groups in total. The van der Waals surface area contributed by atoms with Crippen molar-refractivity contribution in [2.24, 2.45) is 0 Å². The van der Waals surface area contributed by atoms with Crippen molar-refractivity contribution in [3.63, 3.8) is 0 Å². The molecule has 0 radical (unpaired) electrons. The molecular weight excluding hydrogens is 475 g/mol. The number of benzene rings is 1. The molecule has 0 aliphatic carbocycles. The van der Waals surface area contributed by atoms with E-state index in [9.17, 15) is 0 Å². The minimum Gasteiger partial charge on any atom is -0.491 e. The smallest absolute Gasteiger partial charge is 0.167 e. The number of pyridine rings is 1. The SMILES string of the molecule is Nc1ncnc2c1c(-n1cccn1)cn2C1OC(COc2ccc3ccc(N4CCC4)nc3c2)CC1F. The second kappa shape index (κ2) is 8.70. The Morgan fingerprint density at radius 3 is 2.86 bits per heavy atom. The fraction of sp³-hybridized carbons (Fsp3) is 0.308. The number of hydrogen-bond donors (Lipinski definition) is 1. The van der Waals surface area contributed by atoms with E-state index in [4.69, 9.17) is 20.2 Å². The predicted molar refractivity (Wildman–Crippen MR) is 137 cm³/mol. The summed E-state index contributed by atoms with van der Waals surface area (Å²) in [6, 6.07) is 11.7. The van der Waals surface area contributed by atoms with Gasteiger partial charge in [0.2, 0.25) is 0 Å². The lowest BCUT2D eigenvalue weighted by molar-refractivity contribution is -0.0310. The van der Waals surface area contributed by atoms with Gasteiger partial charge in [0.25, 0.3) is 0 Å². The van der Waals surface area contributed by atoms with Crippen molar-refractivity contribution in [1.29, 1.82) is 0 Å². The number of halogens is 1. The standard InChI is InChI=1S/C26H25FN8O2/c27-19-11-18(14-36-17-5-3-16-4-6-22(32-20(16)12-17)33-8-2-9-33)37-26(19)34-13-21(35-10-1-7-31-35)23-24(28)29-15-30-25(23)34/h1,3-7,10,12-13,15,18-19,26H,2,8-9,11,14H2,(H2,28,29,30). The Morgan fingerprint density at radius 2 is 2.05 bits per heavy atom. The van der Waals surface area contributed by atoms with Gasteiger partial charge in [-0.05, 0) is 36.8 Å². The third kappa shape index (κ3) is 3.82. The van der Waals surface area contributed by atoms with Crippen LogP contribution in [-0.4, -0.2) is 61.3 Å². The van der Waals surface area contributed by atoms with Gasteiger partial charge in [-0.3, -0.25) is 0 Å². The molecule has 0 bridgehead atoms. The second-order valence-corrected chi connectivity index (χ2v) is 9.41. The number of nitrogen functional groups attached to an aromatic ring is 1. The van der Waals surface area contributed by atoms with Gasteiger partial charge in [0.15, 0.2) is 6.23 Å². The Bertz CT molecular complexity index is 1580. The summed E-state index contributed by atoms with van der Waals surface area (Å²) in [7, 11) is 0. The number of rotatable bonds is 6. The highest BCUT2D eigenvalue weighted by Gasteiger charge is 2.38. The first kappa shape index (κ1) is 22.0. The number of fused-ring (bicyclic) bond motifs is 2. The molecule has 0 amide bonds. The first-order valence-corrected chi connectivity index (χ1v) is 12.3. The minimum absolute atomic E-state index is 0.201. The van der Waals surface area contributed by atoms with Crippen LogP contribution in [0.25, 0.3) is 27.6 Å². The van der Waals surface area contributed by atoms with Crippen molar-refractivity contribution in [3.8, 4) is 11.4 Å². The number of alkyl halides is 1. The van der Waals surface area contributed by atoms with Crippen LogP contribution in [0.3, 0.4) is 0 Å². The summed E-state index contributed by atoms with van der Waals surface area (Å²) in [5.41, 5.74) is 8.18. The van der Waals surface area contributed by atoms with Crippen molar-refractivity contribution >= 4 is 33.6 Å². The zero-order valence-electron chi connectivity index (χ0n) is 19.9. The Balaban J connectivity index is 1.10. The van der Waals surface area contributed by atoms with Crippen LogP contribution in [0.5, 0.6) is 5.75 Å². The largest absolute Gasteiger partial charge is 0.491 e. The average molecular weight is 501 g/mol. The van der Waals surface area contributed by atoms with Gasteiger partial charge in [-0.2, -0.15) is 5.10 Å². The average Bonchev–Trinajstić information content (AvgIpc) is 3.60. The Hall–Kier alpha value is -4.25. The van der Waals surface area contributed by atoms with Gasteiger partial charge in [-0.25, -0.2) is 24.0 Å². The van der Waals surface area contributed by atoms with Crippen LogP contribution in [0, 0.1) is 0 Å². The lowest BCUT2D eigenvalue weighted by atomic mass is 10.2. The number of ether oxygens (including phenoxy) is 2. The fourth-order valence-electron chi connectivity index (χ4n) is 5.01. The molecular formula is C26H25FN8O2. The monoisotopic (exact) mass is 500 g/mol. The van der Waals surface area contributed by atoms with Crippen LogP contribution in [0.1, 0.15) is 19.1 Å². The van der Waals surface area contributed by atoms with Gasteiger partial charge < -0.3 is 24.7 Å². The van der Waals surface area contributed by atoms with Gasteiger partial charge in [-0.1, -0.05) is 0 Å². The normalized spacial score (nSPS) is 21.5. The zero-order valence-corrected chi connectivity index (χ0v) is 19.9. The maximum absolute atomic E-state index is 15.3. The van der Waals surface area contributed by atoms with Crippen molar-refractivity contribution in [3.05, 3.63) is 61.3 Å². The highest BCUT2D eigenvalue weighted by molar-refractivity contribution is 5.94. The summed E-state index contributed by atoms with van der Waals surface area (Å²) in [5.74, 6) is 1.96. The molecule has 1 aromatic carbocycles. The maximum Gasteiger partial charge on any atom is 0.167 e. The van der Waals surface area contributed by atoms with Gasteiger partial charge >= 0.3 is 0 Å². The molecule has 2 aliphatic heterocycles. The van der Waals surface area contributed by atoms with Crippen LogP contribution in [0.4, 0.5) is 16.0 Å². The molecule has 5 aromatic rings. The van der Waals surface area contributed by atoms with E-state index in [0.29, 0.717) is 28.3 Å². The summed E-state index contributed by atoms with van der Waals surface area (Å²) in [5, 5.41) is 5.94. The van der Waals surface area contributed by atoms with Gasteiger partial charge in [-0.15, -0.1) is 0 Å². The molecule has 11 heteroatoms. The van der Waals surface area contributed by atoms with Crippen LogP contribution in [0.2, 0.25) is 0 Å². The van der Waals surface area contributed by atoms with Gasteiger partial charge in [0.1, 0.15) is 42.1 Å². The van der Waals surface area contributed by atoms with Crippen molar-refractivity contribution in [2.45, 2.75) is 31.3 Å². The van der Waals surface area contributed by atoms with E-state index >= 15 is 4.39 Å². The summed E-state index contributed by atoms with van der Waals surface area (Å²) in [6.45, 7) is 2.30. The Labute approximate surface area is 211 Å². The molecule has 2 aliphatic rings. The molecule has 0 saturated carbocycles. The van der Waals surface area contributed by atoms with E-state index < -0.39 is 18.5 Å². The molecule has 2 fully saturated rings. The molecule has 188 valence electrons. The molecule has 7 rings (SSSR count). The minimum atomic E-state index is -1.25. The van der Waals surface area contributed by atoms with E-state index in [1.165, 1.54) is 12.7 Å². The topological polar surface area (TPSA) is 109 Å². The van der Waals surface area contributed by atoms with Gasteiger partial charge in [0, 0.05) is 49.6 Å². The predicted octanol–water partition coefficient (Wildman–Crippen LogP) is 3.66. The highest BCUT2D eigenvalue weighted by atomic mass is 19.1. The lowest BCUT2D eigenvalue weighted by Gasteiger charge is -2.32. The molecule has 3 unspecified atom stereocenters. The Kier molecular flexibility index (Phi) is 5.17. The van der Waals surface area contributed by atoms with Gasteiger partial charge in [0.05, 0.1) is 22.7 Å². The first-order chi connectivity index (χ1) is 18.1. The number of anilines is 2. The van der Waals surface area contributed by atoms with Crippen LogP contribution >= 0.6 is 0 Å². The third-order valence-corrected chi connectivity index (χ3v) is 7.04. The second-order valence-electron chi connectivity index (χ2n) is 9.41. The van der Waals surface area contributed by atoms with E-state index in [-0.39, 0.29) is 13.0 Å². The Morgan fingerprint density at radius 1 is 1.16 bits per heavy atom. The molecule has 6 heterocycles. The number of nitrogens with two attached hydrogens (primary N) is 1. The van der Waals surface area contributed by atoms with Crippen molar-refractivity contribution in [1.82, 2.24) is 29.3 Å². The van der Waals surface area contributed by atoms with Crippen molar-refractivity contribution < 1.29 is 13.9 Å². The van der Waals surface area contributed by atoms with Crippen LogP contribution in [0.15, 0.2) is 61.3 Å².